The topological polar surface area (TPSA) is 74.4 Å². The molecule has 3 heterocycles. The molecular weight excluding hydrogens is 216 g/mol. The van der Waals surface area contributed by atoms with E-state index in [0.717, 1.165) is 17.0 Å². The summed E-state index contributed by atoms with van der Waals surface area (Å²) in [5.41, 5.74) is 3.79. The number of hydrogen-bond acceptors (Lipinski definition) is 3. The van der Waals surface area contributed by atoms with Crippen molar-refractivity contribution in [1.82, 2.24) is 19.9 Å². The van der Waals surface area contributed by atoms with Crippen LogP contribution in [0.4, 0.5) is 0 Å². The van der Waals surface area contributed by atoms with E-state index < -0.39 is 0 Å². The SMILES string of the molecule is Cc1cc(-c2ccc3[nH]c(=O)[nH]c3n2)ccn1. The van der Waals surface area contributed by atoms with Gasteiger partial charge in [0.05, 0.1) is 11.2 Å². The van der Waals surface area contributed by atoms with E-state index in [1.807, 2.05) is 31.2 Å². The van der Waals surface area contributed by atoms with Crippen LogP contribution in [0.25, 0.3) is 22.4 Å². The Balaban J connectivity index is 2.20. The molecule has 0 aliphatic carbocycles. The number of aryl methyl sites for hydroxylation is 1. The lowest BCUT2D eigenvalue weighted by molar-refractivity contribution is 1.19. The summed E-state index contributed by atoms with van der Waals surface area (Å²) in [7, 11) is 0. The Morgan fingerprint density at radius 3 is 2.88 bits per heavy atom. The van der Waals surface area contributed by atoms with Crippen LogP contribution in [-0.4, -0.2) is 19.9 Å². The predicted molar refractivity (Wildman–Crippen MR) is 64.7 cm³/mol. The number of imidazole rings is 1. The minimum absolute atomic E-state index is 0.240. The van der Waals surface area contributed by atoms with Crippen molar-refractivity contribution in [2.24, 2.45) is 0 Å². The lowest BCUT2D eigenvalue weighted by Crippen LogP contribution is -1.99. The van der Waals surface area contributed by atoms with E-state index in [2.05, 4.69) is 19.9 Å². The number of pyridine rings is 2. The van der Waals surface area contributed by atoms with Crippen LogP contribution in [0.1, 0.15) is 5.69 Å². The van der Waals surface area contributed by atoms with Gasteiger partial charge in [-0.3, -0.25) is 9.97 Å². The van der Waals surface area contributed by atoms with Gasteiger partial charge in [0.2, 0.25) is 0 Å². The third-order valence-electron chi connectivity index (χ3n) is 2.57. The molecule has 0 radical (unpaired) electrons. The molecule has 2 N–H and O–H groups in total. The van der Waals surface area contributed by atoms with Gasteiger partial charge in [0.1, 0.15) is 0 Å². The molecule has 0 unspecified atom stereocenters. The summed E-state index contributed by atoms with van der Waals surface area (Å²) in [5, 5.41) is 0. The van der Waals surface area contributed by atoms with Crippen LogP contribution in [0.2, 0.25) is 0 Å². The summed E-state index contributed by atoms with van der Waals surface area (Å²) in [6.45, 7) is 1.93. The fourth-order valence-electron chi connectivity index (χ4n) is 1.78. The van der Waals surface area contributed by atoms with Gasteiger partial charge in [0.25, 0.3) is 0 Å². The molecule has 0 aliphatic heterocycles. The molecule has 3 aromatic rings. The number of hydrogen-bond donors (Lipinski definition) is 2. The number of fused-ring (bicyclic) bond motifs is 1. The summed E-state index contributed by atoms with van der Waals surface area (Å²) in [6, 6.07) is 7.57. The number of H-pyrrole nitrogens is 2. The van der Waals surface area contributed by atoms with Gasteiger partial charge in [0.15, 0.2) is 5.65 Å². The number of nitrogens with one attached hydrogen (secondary N) is 2. The maximum absolute atomic E-state index is 11.1. The first-order chi connectivity index (χ1) is 8.22. The van der Waals surface area contributed by atoms with Crippen LogP contribution in [0, 0.1) is 6.92 Å². The van der Waals surface area contributed by atoms with Crippen molar-refractivity contribution in [3.05, 3.63) is 46.6 Å². The maximum Gasteiger partial charge on any atom is 0.325 e. The van der Waals surface area contributed by atoms with E-state index in [0.29, 0.717) is 11.2 Å². The largest absolute Gasteiger partial charge is 0.325 e. The molecule has 0 aliphatic rings. The van der Waals surface area contributed by atoms with E-state index in [9.17, 15) is 4.79 Å². The van der Waals surface area contributed by atoms with Gasteiger partial charge in [-0.1, -0.05) is 0 Å². The molecule has 84 valence electrons. The molecular formula is C12H10N4O. The Labute approximate surface area is 96.6 Å². The average molecular weight is 226 g/mol. The highest BCUT2D eigenvalue weighted by Crippen LogP contribution is 2.18. The second-order valence-corrected chi connectivity index (χ2v) is 3.86. The minimum atomic E-state index is -0.240. The van der Waals surface area contributed by atoms with Gasteiger partial charge in [-0.15, -0.1) is 0 Å². The third kappa shape index (κ3) is 1.71. The first kappa shape index (κ1) is 9.77. The molecule has 0 bridgehead atoms. The summed E-state index contributed by atoms with van der Waals surface area (Å²) in [4.78, 5) is 25.0. The van der Waals surface area contributed by atoms with Crippen LogP contribution in [0.15, 0.2) is 35.3 Å². The Hall–Kier alpha value is -2.43. The summed E-state index contributed by atoms with van der Waals surface area (Å²) in [5.74, 6) is 0. The number of rotatable bonds is 1. The quantitative estimate of drug-likeness (QED) is 0.662. The fraction of sp³-hybridized carbons (Fsp3) is 0.0833. The second kappa shape index (κ2) is 3.55. The van der Waals surface area contributed by atoms with Gasteiger partial charge in [-0.2, -0.15) is 0 Å². The molecule has 0 saturated heterocycles. The van der Waals surface area contributed by atoms with E-state index in [1.54, 1.807) is 6.20 Å². The molecule has 17 heavy (non-hydrogen) atoms. The van der Waals surface area contributed by atoms with Gasteiger partial charge in [0, 0.05) is 17.5 Å². The highest BCUT2D eigenvalue weighted by atomic mass is 16.1. The van der Waals surface area contributed by atoms with E-state index in [1.165, 1.54) is 0 Å². The highest BCUT2D eigenvalue weighted by Gasteiger charge is 2.04. The summed E-state index contributed by atoms with van der Waals surface area (Å²) in [6.07, 6.45) is 1.75. The van der Waals surface area contributed by atoms with Gasteiger partial charge < -0.3 is 4.98 Å². The Bertz CT molecular complexity index is 741. The van der Waals surface area contributed by atoms with Crippen molar-refractivity contribution in [3.63, 3.8) is 0 Å². The molecule has 3 aromatic heterocycles. The highest BCUT2D eigenvalue weighted by molar-refractivity contribution is 5.74. The molecule has 0 fully saturated rings. The number of aromatic amines is 2. The van der Waals surface area contributed by atoms with Gasteiger partial charge in [-0.05, 0) is 31.2 Å². The molecule has 0 amide bonds. The number of nitrogens with zero attached hydrogens (tertiary/aromatic N) is 2. The van der Waals surface area contributed by atoms with Crippen LogP contribution in [0.3, 0.4) is 0 Å². The van der Waals surface area contributed by atoms with E-state index >= 15 is 0 Å². The van der Waals surface area contributed by atoms with Crippen molar-refractivity contribution in [1.29, 1.82) is 0 Å². The lowest BCUT2D eigenvalue weighted by Gasteiger charge is -2.01. The van der Waals surface area contributed by atoms with Crippen LogP contribution >= 0.6 is 0 Å². The fourth-order valence-corrected chi connectivity index (χ4v) is 1.78. The first-order valence-electron chi connectivity index (χ1n) is 5.24. The minimum Gasteiger partial charge on any atom is -0.304 e. The zero-order valence-corrected chi connectivity index (χ0v) is 9.19. The van der Waals surface area contributed by atoms with Crippen molar-refractivity contribution in [2.45, 2.75) is 6.92 Å². The molecule has 5 nitrogen and oxygen atoms in total. The monoisotopic (exact) mass is 226 g/mol. The first-order valence-corrected chi connectivity index (χ1v) is 5.24. The van der Waals surface area contributed by atoms with Gasteiger partial charge >= 0.3 is 5.69 Å². The Morgan fingerprint density at radius 1 is 1.18 bits per heavy atom. The zero-order valence-electron chi connectivity index (χ0n) is 9.19. The van der Waals surface area contributed by atoms with Crippen molar-refractivity contribution in [2.75, 3.05) is 0 Å². The molecule has 0 atom stereocenters. The normalized spacial score (nSPS) is 10.9. The van der Waals surface area contributed by atoms with E-state index in [-0.39, 0.29) is 5.69 Å². The smallest absolute Gasteiger partial charge is 0.304 e. The van der Waals surface area contributed by atoms with Crippen molar-refractivity contribution < 1.29 is 0 Å². The lowest BCUT2D eigenvalue weighted by atomic mass is 10.1. The van der Waals surface area contributed by atoms with Crippen molar-refractivity contribution in [3.8, 4) is 11.3 Å². The van der Waals surface area contributed by atoms with Gasteiger partial charge in [-0.25, -0.2) is 9.78 Å². The molecule has 3 rings (SSSR count). The van der Waals surface area contributed by atoms with Crippen molar-refractivity contribution >= 4 is 11.2 Å². The Kier molecular flexibility index (Phi) is 2.04. The Morgan fingerprint density at radius 2 is 2.06 bits per heavy atom. The van der Waals surface area contributed by atoms with Crippen LogP contribution in [0.5, 0.6) is 0 Å². The molecule has 0 spiro atoms. The van der Waals surface area contributed by atoms with E-state index in [4.69, 9.17) is 0 Å². The zero-order chi connectivity index (χ0) is 11.8. The molecule has 0 aromatic carbocycles. The summed E-state index contributed by atoms with van der Waals surface area (Å²) < 4.78 is 0. The second-order valence-electron chi connectivity index (χ2n) is 3.86. The van der Waals surface area contributed by atoms with Crippen LogP contribution in [-0.2, 0) is 0 Å². The molecule has 0 saturated carbocycles. The predicted octanol–water partition coefficient (Wildman–Crippen LogP) is 1.62. The summed E-state index contributed by atoms with van der Waals surface area (Å²) >= 11 is 0. The third-order valence-corrected chi connectivity index (χ3v) is 2.57. The average Bonchev–Trinajstić information content (AvgIpc) is 2.68. The number of aromatic nitrogens is 4. The molecule has 5 heteroatoms. The van der Waals surface area contributed by atoms with Crippen LogP contribution < -0.4 is 5.69 Å². The maximum atomic E-state index is 11.1. The standard InChI is InChI=1S/C12H10N4O/c1-7-6-8(4-5-13-7)9-2-3-10-11(14-9)16-12(17)15-10/h2-6H,1H3,(H2,14,15,16,17).